The predicted molar refractivity (Wildman–Crippen MR) is 27.8 cm³/mol. The fraction of sp³-hybridized carbons (Fsp3) is 0. The van der Waals surface area contributed by atoms with E-state index in [-0.39, 0.29) is 27.1 Å². The van der Waals surface area contributed by atoms with Gasteiger partial charge in [-0.2, -0.15) is 18.2 Å². The molecule has 0 nitrogen and oxygen atoms in total. The van der Waals surface area contributed by atoms with Gasteiger partial charge in [-0.05, 0) is 0 Å². The molecule has 0 fully saturated rings. The van der Waals surface area contributed by atoms with Crippen LogP contribution in [0.15, 0.2) is 30.3 Å². The topological polar surface area (TPSA) is 0 Å². The zero-order valence-electron chi connectivity index (χ0n) is 3.97. The molecule has 0 saturated carbocycles. The van der Waals surface area contributed by atoms with Crippen molar-refractivity contribution in [2.45, 2.75) is 0 Å². The minimum absolute atomic E-state index is 0. The summed E-state index contributed by atoms with van der Waals surface area (Å²) >= 11 is 0. The first-order valence-corrected chi connectivity index (χ1v) is 1.67. The second kappa shape index (κ2) is 6.00. The molecule has 1 aromatic carbocycles. The Hall–Kier alpha value is -0.00117. The van der Waals surface area contributed by atoms with Crippen molar-refractivity contribution in [3.63, 3.8) is 0 Å². The molecule has 0 radical (unpaired) electrons. The minimum atomic E-state index is 0. The van der Waals surface area contributed by atoms with Crippen LogP contribution in [0.2, 0.25) is 0 Å². The van der Waals surface area contributed by atoms with Gasteiger partial charge in [0.2, 0.25) is 0 Å². The Kier molecular flexibility index (Phi) is 8.64. The van der Waals surface area contributed by atoms with Crippen molar-refractivity contribution in [2.24, 2.45) is 0 Å². The Morgan fingerprint density at radius 3 is 1.57 bits per heavy atom. The Bertz CT molecular complexity index is 64.6. The van der Waals surface area contributed by atoms with Gasteiger partial charge in [-0.3, -0.25) is 0 Å². The monoisotopic (exact) mass is 153 g/mol. The van der Waals surface area contributed by atoms with Gasteiger partial charge in [0.25, 0.3) is 0 Å². The molecule has 0 aromatic heterocycles. The van der Waals surface area contributed by atoms with Crippen LogP contribution in [0.25, 0.3) is 0 Å². The third-order valence-corrected chi connectivity index (χ3v) is 0.556. The van der Waals surface area contributed by atoms with Gasteiger partial charge < -0.3 is 17.0 Å². The molecule has 34 valence electrons. The summed E-state index contributed by atoms with van der Waals surface area (Å²) in [5, 5.41) is 0. The van der Waals surface area contributed by atoms with Gasteiger partial charge in [-0.25, -0.2) is 12.1 Å². The van der Waals surface area contributed by atoms with E-state index in [0.29, 0.717) is 0 Å². The van der Waals surface area contributed by atoms with E-state index in [4.69, 9.17) is 0 Å². The first-order valence-electron chi connectivity index (χ1n) is 1.67. The first kappa shape index (κ1) is 10.1. The van der Waals surface area contributed by atoms with Gasteiger partial charge in [-0.15, -0.1) is 0 Å². The fourth-order valence-electron chi connectivity index (χ4n) is 0.321. The second-order valence-electron chi connectivity index (χ2n) is 0.962. The largest absolute Gasteiger partial charge is 2.00 e. The Morgan fingerprint density at radius 2 is 1.43 bits per heavy atom. The normalized spacial score (nSPS) is 5.71. The van der Waals surface area contributed by atoms with Crippen molar-refractivity contribution in [2.75, 3.05) is 0 Å². The Balaban J connectivity index is 0. The minimum Gasteiger partial charge on any atom is -1.00 e. The van der Waals surface area contributed by atoms with E-state index >= 15 is 0 Å². The molecule has 0 amide bonds. The fourth-order valence-corrected chi connectivity index (χ4v) is 0.321. The quantitative estimate of drug-likeness (QED) is 0.300. The van der Waals surface area contributed by atoms with E-state index in [0.717, 1.165) is 0 Å². The van der Waals surface area contributed by atoms with Crippen LogP contribution in [0.5, 0.6) is 0 Å². The molecule has 0 heterocycles. The van der Waals surface area contributed by atoms with Crippen LogP contribution < -0.4 is 17.0 Å². The molecule has 0 unspecified atom stereocenters. The van der Waals surface area contributed by atoms with E-state index < -0.39 is 0 Å². The predicted octanol–water partition coefficient (Wildman–Crippen LogP) is -1.97. The summed E-state index contributed by atoms with van der Waals surface area (Å²) in [7, 11) is 0. The summed E-state index contributed by atoms with van der Waals surface area (Å²) < 4.78 is 0. The van der Waals surface area contributed by atoms with Crippen LogP contribution in [-0.2, 0) is 0 Å². The Labute approximate surface area is 57.9 Å². The Morgan fingerprint density at radius 1 is 1.00 bits per heavy atom. The molecular formula is C5H5BeBr. The summed E-state index contributed by atoms with van der Waals surface area (Å²) in [6.45, 7) is 0. The molecule has 1 aromatic rings. The molecule has 0 saturated heterocycles. The average Bonchev–Trinajstić information content (AvgIpc) is 1.76. The number of rotatable bonds is 0. The smallest absolute Gasteiger partial charge is 1.00 e. The molecule has 0 atom stereocenters. The van der Waals surface area contributed by atoms with Gasteiger partial charge in [0, 0.05) is 0 Å². The van der Waals surface area contributed by atoms with Crippen molar-refractivity contribution >= 4 is 10.1 Å². The van der Waals surface area contributed by atoms with Gasteiger partial charge in [0.15, 0.2) is 0 Å². The zero-order valence-corrected chi connectivity index (χ0v) is 5.56. The molecular weight excluding hydrogens is 149 g/mol. The SMILES string of the molecule is [Be+2].[Br-].c1cc[cH-]c1. The summed E-state index contributed by atoms with van der Waals surface area (Å²) in [6.07, 6.45) is 0. The maximum Gasteiger partial charge on any atom is 2.00 e. The van der Waals surface area contributed by atoms with Crippen molar-refractivity contribution in [3.8, 4) is 0 Å². The van der Waals surface area contributed by atoms with Gasteiger partial charge >= 0.3 is 10.1 Å². The number of halogens is 1. The molecule has 0 N–H and O–H groups in total. The average molecular weight is 154 g/mol. The summed E-state index contributed by atoms with van der Waals surface area (Å²) in [4.78, 5) is 0. The molecule has 0 aliphatic rings. The van der Waals surface area contributed by atoms with Gasteiger partial charge in [0.05, 0.1) is 0 Å². The van der Waals surface area contributed by atoms with E-state index in [9.17, 15) is 0 Å². The van der Waals surface area contributed by atoms with E-state index in [1.165, 1.54) is 0 Å². The van der Waals surface area contributed by atoms with Crippen LogP contribution >= 0.6 is 0 Å². The standard InChI is InChI=1S/C5H5.Be.BrH/c1-2-4-5-3-1;;/h1-5H;;1H/q-1;+2;/p-1. The van der Waals surface area contributed by atoms with E-state index in [2.05, 4.69) is 0 Å². The summed E-state index contributed by atoms with van der Waals surface area (Å²) in [5.41, 5.74) is 0. The van der Waals surface area contributed by atoms with Crippen LogP contribution in [0.4, 0.5) is 0 Å². The summed E-state index contributed by atoms with van der Waals surface area (Å²) in [5.74, 6) is 0. The maximum atomic E-state index is 2.00. The second-order valence-corrected chi connectivity index (χ2v) is 0.962. The molecule has 0 aliphatic heterocycles. The molecule has 7 heavy (non-hydrogen) atoms. The van der Waals surface area contributed by atoms with Gasteiger partial charge in [0.1, 0.15) is 0 Å². The molecule has 0 bridgehead atoms. The molecule has 0 aliphatic carbocycles. The van der Waals surface area contributed by atoms with Crippen LogP contribution in [0, 0.1) is 0 Å². The zero-order chi connectivity index (χ0) is 3.54. The molecule has 0 spiro atoms. The number of hydrogen-bond acceptors (Lipinski definition) is 0. The van der Waals surface area contributed by atoms with Crippen molar-refractivity contribution in [1.29, 1.82) is 0 Å². The van der Waals surface area contributed by atoms with Crippen LogP contribution in [-0.4, -0.2) is 10.1 Å². The third kappa shape index (κ3) is 3.84. The van der Waals surface area contributed by atoms with Crippen LogP contribution in [0.3, 0.4) is 0 Å². The van der Waals surface area contributed by atoms with Crippen LogP contribution in [0.1, 0.15) is 0 Å². The third-order valence-electron chi connectivity index (χ3n) is 0.556. The van der Waals surface area contributed by atoms with Crippen molar-refractivity contribution in [1.82, 2.24) is 0 Å². The molecule has 2 heteroatoms. The van der Waals surface area contributed by atoms with E-state index in [1.807, 2.05) is 30.3 Å². The van der Waals surface area contributed by atoms with Crippen molar-refractivity contribution < 1.29 is 17.0 Å². The number of hydrogen-bond donors (Lipinski definition) is 0. The summed E-state index contributed by atoms with van der Waals surface area (Å²) in [6, 6.07) is 10.0. The van der Waals surface area contributed by atoms with Gasteiger partial charge in [-0.1, -0.05) is 0 Å². The van der Waals surface area contributed by atoms with Crippen molar-refractivity contribution in [3.05, 3.63) is 30.3 Å². The molecule has 1 rings (SSSR count). The van der Waals surface area contributed by atoms with E-state index in [1.54, 1.807) is 0 Å². The maximum absolute atomic E-state index is 2.00. The first-order chi connectivity index (χ1) is 2.50.